The molecule has 1 amide bonds. The van der Waals surface area contributed by atoms with Crippen molar-refractivity contribution in [3.05, 3.63) is 75.6 Å². The first-order chi connectivity index (χ1) is 11.5. The zero-order chi connectivity index (χ0) is 17.1. The quantitative estimate of drug-likeness (QED) is 0.710. The van der Waals surface area contributed by atoms with Gasteiger partial charge in [-0.05, 0) is 42.5 Å². The zero-order valence-corrected chi connectivity index (χ0v) is 13.1. The molecule has 0 unspecified atom stereocenters. The zero-order valence-electron chi connectivity index (χ0n) is 12.3. The van der Waals surface area contributed by atoms with Gasteiger partial charge in [-0.15, -0.1) is 0 Å². The molecular formula is C18H12ClNO4. The third-order valence-corrected chi connectivity index (χ3v) is 3.56. The van der Waals surface area contributed by atoms with Crippen molar-refractivity contribution in [1.29, 1.82) is 0 Å². The number of phenols is 1. The molecule has 3 rings (SSSR count). The summed E-state index contributed by atoms with van der Waals surface area (Å²) in [6.07, 6.45) is 3.87. The number of carbonyl (C=O) groups excluding carboxylic acids is 1. The van der Waals surface area contributed by atoms with Crippen molar-refractivity contribution in [3.8, 4) is 5.75 Å². The van der Waals surface area contributed by atoms with Crippen LogP contribution in [0, 0.1) is 0 Å². The maximum absolute atomic E-state index is 12.3. The fourth-order valence-corrected chi connectivity index (χ4v) is 2.26. The Balaban J connectivity index is 1.81. The van der Waals surface area contributed by atoms with Gasteiger partial charge in [0.1, 0.15) is 17.6 Å². The lowest BCUT2D eigenvalue weighted by Gasteiger charge is -2.02. The Morgan fingerprint density at radius 1 is 1.17 bits per heavy atom. The van der Waals surface area contributed by atoms with Crippen LogP contribution in [-0.2, 0) is 4.79 Å². The van der Waals surface area contributed by atoms with E-state index in [2.05, 4.69) is 5.32 Å². The molecular weight excluding hydrogens is 330 g/mol. The van der Waals surface area contributed by atoms with Crippen molar-refractivity contribution in [3.63, 3.8) is 0 Å². The second-order valence-electron chi connectivity index (χ2n) is 5.03. The molecule has 0 aliphatic heterocycles. The van der Waals surface area contributed by atoms with Gasteiger partial charge in [0.2, 0.25) is 5.91 Å². The lowest BCUT2D eigenvalue weighted by atomic mass is 10.1. The second-order valence-corrected chi connectivity index (χ2v) is 5.47. The van der Waals surface area contributed by atoms with Crippen LogP contribution in [0.5, 0.6) is 5.75 Å². The first kappa shape index (κ1) is 15.8. The Kier molecular flexibility index (Phi) is 4.35. The fourth-order valence-electron chi connectivity index (χ4n) is 2.13. The molecule has 1 aromatic heterocycles. The molecule has 3 aromatic rings. The molecule has 2 N–H and O–H groups in total. The van der Waals surface area contributed by atoms with E-state index in [1.807, 2.05) is 0 Å². The highest BCUT2D eigenvalue weighted by Crippen LogP contribution is 2.18. The summed E-state index contributed by atoms with van der Waals surface area (Å²) in [7, 11) is 0. The summed E-state index contributed by atoms with van der Waals surface area (Å²) in [5, 5.41) is 12.9. The van der Waals surface area contributed by atoms with Crippen molar-refractivity contribution in [2.24, 2.45) is 0 Å². The predicted molar refractivity (Wildman–Crippen MR) is 93.3 cm³/mol. The highest BCUT2D eigenvalue weighted by atomic mass is 35.5. The van der Waals surface area contributed by atoms with Crippen LogP contribution in [0.4, 0.5) is 5.69 Å². The molecule has 0 bridgehead atoms. The standard InChI is InChI=1S/C18H12ClNO4/c19-12-2-4-13(5-3-12)20-17(22)8-1-11-10-24-16-9-14(21)6-7-15(16)18(11)23/h1-10,21H,(H,20,22)/b8-1+. The number of hydrogen-bond donors (Lipinski definition) is 2. The van der Waals surface area contributed by atoms with Crippen LogP contribution in [0.3, 0.4) is 0 Å². The SMILES string of the molecule is O=C(/C=C/c1coc2cc(O)ccc2c1=O)Nc1ccc(Cl)cc1. The van der Waals surface area contributed by atoms with Gasteiger partial charge in [-0.3, -0.25) is 9.59 Å². The van der Waals surface area contributed by atoms with E-state index < -0.39 is 0 Å². The summed E-state index contributed by atoms with van der Waals surface area (Å²) in [5.41, 5.74) is 0.823. The van der Waals surface area contributed by atoms with E-state index in [1.165, 1.54) is 36.6 Å². The first-order valence-electron chi connectivity index (χ1n) is 7.02. The molecule has 0 saturated carbocycles. The fraction of sp³-hybridized carbons (Fsp3) is 0. The third kappa shape index (κ3) is 3.47. The van der Waals surface area contributed by atoms with Crippen LogP contribution in [-0.4, -0.2) is 11.0 Å². The van der Waals surface area contributed by atoms with Crippen molar-refractivity contribution in [1.82, 2.24) is 0 Å². The molecule has 0 aliphatic rings. The molecule has 6 heteroatoms. The van der Waals surface area contributed by atoms with Crippen LogP contribution in [0.15, 0.2) is 64.0 Å². The van der Waals surface area contributed by atoms with Crippen molar-refractivity contribution in [2.45, 2.75) is 0 Å². The van der Waals surface area contributed by atoms with Gasteiger partial charge in [0.05, 0.1) is 10.9 Å². The molecule has 0 spiro atoms. The van der Waals surface area contributed by atoms with Gasteiger partial charge >= 0.3 is 0 Å². The number of amides is 1. The number of rotatable bonds is 3. The number of phenolic OH excluding ortho intramolecular Hbond substituents is 1. The average molecular weight is 342 g/mol. The molecule has 0 atom stereocenters. The molecule has 24 heavy (non-hydrogen) atoms. The predicted octanol–water partition coefficient (Wildman–Crippen LogP) is 3.80. The van der Waals surface area contributed by atoms with Crippen LogP contribution in [0.2, 0.25) is 5.02 Å². The number of hydrogen-bond acceptors (Lipinski definition) is 4. The average Bonchev–Trinajstić information content (AvgIpc) is 2.56. The van der Waals surface area contributed by atoms with E-state index in [1.54, 1.807) is 24.3 Å². The molecule has 5 nitrogen and oxygen atoms in total. The van der Waals surface area contributed by atoms with Crippen LogP contribution < -0.4 is 10.7 Å². The largest absolute Gasteiger partial charge is 0.508 e. The van der Waals surface area contributed by atoms with E-state index in [4.69, 9.17) is 16.0 Å². The third-order valence-electron chi connectivity index (χ3n) is 3.31. The summed E-state index contributed by atoms with van der Waals surface area (Å²) in [6, 6.07) is 10.9. The summed E-state index contributed by atoms with van der Waals surface area (Å²) in [4.78, 5) is 24.2. The van der Waals surface area contributed by atoms with E-state index in [0.717, 1.165) is 0 Å². The Morgan fingerprint density at radius 3 is 2.67 bits per heavy atom. The molecule has 0 fully saturated rings. The smallest absolute Gasteiger partial charge is 0.248 e. The summed E-state index contributed by atoms with van der Waals surface area (Å²) in [5.74, 6) is -0.376. The minimum atomic E-state index is -0.387. The number of anilines is 1. The minimum Gasteiger partial charge on any atom is -0.508 e. The number of benzene rings is 2. The number of fused-ring (bicyclic) bond motifs is 1. The topological polar surface area (TPSA) is 79.5 Å². The highest BCUT2D eigenvalue weighted by Gasteiger charge is 2.06. The van der Waals surface area contributed by atoms with Crippen LogP contribution in [0.1, 0.15) is 5.56 Å². The molecule has 0 saturated heterocycles. The summed E-state index contributed by atoms with van der Waals surface area (Å²) < 4.78 is 5.31. The Labute approximate surface area is 141 Å². The molecule has 0 aliphatic carbocycles. The van der Waals surface area contributed by atoms with Gasteiger partial charge in [0.25, 0.3) is 0 Å². The van der Waals surface area contributed by atoms with Gasteiger partial charge < -0.3 is 14.8 Å². The lowest BCUT2D eigenvalue weighted by molar-refractivity contribution is -0.111. The van der Waals surface area contributed by atoms with Gasteiger partial charge in [-0.1, -0.05) is 11.6 Å². The van der Waals surface area contributed by atoms with E-state index >= 15 is 0 Å². The van der Waals surface area contributed by atoms with Gasteiger partial charge in [0, 0.05) is 22.9 Å². The lowest BCUT2D eigenvalue weighted by Crippen LogP contribution is -2.09. The second kappa shape index (κ2) is 6.60. The monoisotopic (exact) mass is 341 g/mol. The van der Waals surface area contributed by atoms with Gasteiger partial charge in [0.15, 0.2) is 5.43 Å². The maximum Gasteiger partial charge on any atom is 0.248 e. The van der Waals surface area contributed by atoms with Gasteiger partial charge in [-0.2, -0.15) is 0 Å². The van der Waals surface area contributed by atoms with Crippen molar-refractivity contribution in [2.75, 3.05) is 5.32 Å². The first-order valence-corrected chi connectivity index (χ1v) is 7.40. The Bertz CT molecular complexity index is 990. The number of aromatic hydroxyl groups is 1. The Morgan fingerprint density at radius 2 is 1.92 bits per heavy atom. The van der Waals surface area contributed by atoms with Gasteiger partial charge in [-0.25, -0.2) is 0 Å². The van der Waals surface area contributed by atoms with E-state index in [0.29, 0.717) is 16.1 Å². The summed E-state index contributed by atoms with van der Waals surface area (Å²) >= 11 is 5.78. The molecule has 2 aromatic carbocycles. The maximum atomic E-state index is 12.3. The number of nitrogens with one attached hydrogen (secondary N) is 1. The summed E-state index contributed by atoms with van der Waals surface area (Å²) in [6.45, 7) is 0. The molecule has 0 radical (unpaired) electrons. The normalized spacial score (nSPS) is 11.0. The van der Waals surface area contributed by atoms with Crippen LogP contribution >= 0.6 is 11.6 Å². The van der Waals surface area contributed by atoms with Crippen molar-refractivity contribution >= 4 is 40.2 Å². The van der Waals surface area contributed by atoms with Crippen molar-refractivity contribution < 1.29 is 14.3 Å². The van der Waals surface area contributed by atoms with E-state index in [-0.39, 0.29) is 28.2 Å². The van der Waals surface area contributed by atoms with Crippen LogP contribution in [0.25, 0.3) is 17.0 Å². The minimum absolute atomic E-state index is 0.0104. The number of carbonyl (C=O) groups is 1. The Hall–Kier alpha value is -3.05. The number of halogens is 1. The van der Waals surface area contributed by atoms with E-state index in [9.17, 15) is 14.7 Å². The molecule has 120 valence electrons. The highest BCUT2D eigenvalue weighted by molar-refractivity contribution is 6.30. The molecule has 1 heterocycles.